The van der Waals surface area contributed by atoms with Gasteiger partial charge in [-0.1, -0.05) is 0 Å². The average Bonchev–Trinajstić information content (AvgIpc) is 3.45. The van der Waals surface area contributed by atoms with E-state index < -0.39 is 5.60 Å². The Bertz CT molecular complexity index is 1280. The summed E-state index contributed by atoms with van der Waals surface area (Å²) in [5.74, 6) is 1.17. The number of carbonyl (C=O) groups excluding carboxylic acids is 1. The third-order valence-electron chi connectivity index (χ3n) is 7.32. The summed E-state index contributed by atoms with van der Waals surface area (Å²) in [7, 11) is 2.11. The molecule has 3 aliphatic heterocycles. The third kappa shape index (κ3) is 4.24. The second-order valence-corrected chi connectivity index (χ2v) is 9.75. The van der Waals surface area contributed by atoms with Crippen LogP contribution in [0.25, 0.3) is 22.2 Å². The quantitative estimate of drug-likeness (QED) is 0.517. The van der Waals surface area contributed by atoms with Gasteiger partial charge in [-0.15, -0.1) is 0 Å². The second-order valence-electron chi connectivity index (χ2n) is 9.75. The topological polar surface area (TPSA) is 111 Å². The van der Waals surface area contributed by atoms with E-state index in [4.69, 9.17) is 23.9 Å². The maximum atomic E-state index is 11.6. The first-order chi connectivity index (χ1) is 17.5. The highest BCUT2D eigenvalue weighted by Crippen LogP contribution is 2.43. The first-order valence-corrected chi connectivity index (χ1v) is 12.4. The van der Waals surface area contributed by atoms with Crippen LogP contribution in [0.3, 0.4) is 0 Å². The highest BCUT2D eigenvalue weighted by molar-refractivity contribution is 5.97. The monoisotopic (exact) mass is 493 g/mol. The van der Waals surface area contributed by atoms with Gasteiger partial charge >= 0.3 is 0 Å². The normalized spacial score (nSPS) is 21.6. The van der Waals surface area contributed by atoms with Crippen molar-refractivity contribution in [1.29, 1.82) is 0 Å². The van der Waals surface area contributed by atoms with Crippen molar-refractivity contribution < 1.29 is 23.7 Å². The van der Waals surface area contributed by atoms with Crippen molar-refractivity contribution >= 4 is 22.6 Å². The van der Waals surface area contributed by atoms with Crippen LogP contribution >= 0.6 is 0 Å². The second kappa shape index (κ2) is 9.44. The molecule has 10 heteroatoms. The van der Waals surface area contributed by atoms with Gasteiger partial charge in [0.2, 0.25) is 5.91 Å². The molecule has 1 unspecified atom stereocenters. The Morgan fingerprint density at radius 2 is 2.19 bits per heavy atom. The predicted octanol–water partition coefficient (Wildman–Crippen LogP) is 2.48. The first kappa shape index (κ1) is 23.4. The summed E-state index contributed by atoms with van der Waals surface area (Å²) in [4.78, 5) is 26.6. The molecule has 1 amide bonds. The summed E-state index contributed by atoms with van der Waals surface area (Å²) >= 11 is 0. The molecule has 3 aromatic rings. The Hall–Kier alpha value is -3.05. The van der Waals surface area contributed by atoms with Crippen LogP contribution in [-0.4, -0.2) is 85.0 Å². The van der Waals surface area contributed by atoms with E-state index in [2.05, 4.69) is 27.2 Å². The number of nitrogens with zero attached hydrogens (tertiary/aromatic N) is 3. The summed E-state index contributed by atoms with van der Waals surface area (Å²) in [5.41, 5.74) is 4.02. The molecule has 0 saturated carbocycles. The van der Waals surface area contributed by atoms with Gasteiger partial charge in [0.05, 0.1) is 55.6 Å². The van der Waals surface area contributed by atoms with E-state index in [0.29, 0.717) is 38.3 Å². The fourth-order valence-electron chi connectivity index (χ4n) is 5.14. The number of fused-ring (bicyclic) bond motifs is 3. The molecule has 0 aliphatic carbocycles. The zero-order valence-corrected chi connectivity index (χ0v) is 20.6. The van der Waals surface area contributed by atoms with Crippen LogP contribution in [0, 0.1) is 0 Å². The van der Waals surface area contributed by atoms with Crippen LogP contribution in [0.15, 0.2) is 24.5 Å². The minimum Gasteiger partial charge on any atom is -0.492 e. The van der Waals surface area contributed by atoms with Crippen molar-refractivity contribution in [2.45, 2.75) is 31.4 Å². The van der Waals surface area contributed by atoms with Crippen molar-refractivity contribution in [1.82, 2.24) is 19.9 Å². The highest BCUT2D eigenvalue weighted by atomic mass is 16.6. The number of carbonyl (C=O) groups is 1. The minimum atomic E-state index is -0.545. The number of rotatable bonds is 7. The molecule has 6 heterocycles. The Morgan fingerprint density at radius 1 is 1.31 bits per heavy atom. The molecule has 2 N–H and O–H groups in total. The van der Waals surface area contributed by atoms with Crippen molar-refractivity contribution in [3.63, 3.8) is 0 Å². The molecule has 2 fully saturated rings. The SMILES string of the molecule is CC(=O)Nc1cc2c(-c3cc(OCCN(C)C4COC4)c4c(n3)C3(CCOC3)OCC4)c[nH]c2cn1. The first-order valence-electron chi connectivity index (χ1n) is 12.4. The number of ether oxygens (including phenoxy) is 4. The van der Waals surface area contributed by atoms with E-state index in [1.54, 1.807) is 6.20 Å². The van der Waals surface area contributed by atoms with Gasteiger partial charge in [-0.05, 0) is 13.1 Å². The van der Waals surface area contributed by atoms with Crippen LogP contribution in [0.1, 0.15) is 24.6 Å². The van der Waals surface area contributed by atoms with E-state index in [1.165, 1.54) is 6.92 Å². The molecule has 36 heavy (non-hydrogen) atoms. The fraction of sp³-hybridized carbons (Fsp3) is 0.500. The van der Waals surface area contributed by atoms with Crippen molar-refractivity contribution in [2.75, 3.05) is 58.6 Å². The summed E-state index contributed by atoms with van der Waals surface area (Å²) in [5, 5.41) is 3.69. The highest BCUT2D eigenvalue weighted by Gasteiger charge is 2.44. The van der Waals surface area contributed by atoms with Crippen LogP contribution in [-0.2, 0) is 31.0 Å². The molecule has 1 spiro atoms. The number of H-pyrrole nitrogens is 1. The molecule has 3 aliphatic rings. The summed E-state index contributed by atoms with van der Waals surface area (Å²) < 4.78 is 23.8. The molecule has 0 radical (unpaired) electrons. The van der Waals surface area contributed by atoms with Crippen LogP contribution < -0.4 is 10.1 Å². The smallest absolute Gasteiger partial charge is 0.222 e. The van der Waals surface area contributed by atoms with Crippen LogP contribution in [0.4, 0.5) is 5.82 Å². The van der Waals surface area contributed by atoms with Gasteiger partial charge in [0.1, 0.15) is 23.8 Å². The maximum absolute atomic E-state index is 11.6. The van der Waals surface area contributed by atoms with Gasteiger partial charge in [-0.25, -0.2) is 9.97 Å². The molecular formula is C26H31N5O5. The Balaban J connectivity index is 1.39. The van der Waals surface area contributed by atoms with Gasteiger partial charge < -0.3 is 29.2 Å². The summed E-state index contributed by atoms with van der Waals surface area (Å²) in [6.45, 7) is 6.16. The average molecular weight is 494 g/mol. The number of aromatic amines is 1. The zero-order chi connectivity index (χ0) is 24.7. The fourth-order valence-corrected chi connectivity index (χ4v) is 5.14. The summed E-state index contributed by atoms with van der Waals surface area (Å²) in [6.07, 6.45) is 5.16. The maximum Gasteiger partial charge on any atom is 0.222 e. The Labute approximate surface area is 209 Å². The molecule has 6 rings (SSSR count). The number of hydrogen-bond donors (Lipinski definition) is 2. The molecule has 3 aromatic heterocycles. The van der Waals surface area contributed by atoms with E-state index in [1.807, 2.05) is 18.3 Å². The van der Waals surface area contributed by atoms with Crippen LogP contribution in [0.2, 0.25) is 0 Å². The number of anilines is 1. The van der Waals surface area contributed by atoms with Gasteiger partial charge in [0.15, 0.2) is 0 Å². The Morgan fingerprint density at radius 3 is 2.94 bits per heavy atom. The number of hydrogen-bond acceptors (Lipinski definition) is 8. The lowest BCUT2D eigenvalue weighted by molar-refractivity contribution is -0.114. The van der Waals surface area contributed by atoms with Crippen molar-refractivity contribution in [3.05, 3.63) is 35.8 Å². The molecule has 10 nitrogen and oxygen atoms in total. The standard InChI is InChI=1S/C26H31N5O5/c1-16(32)29-24-9-19-20(11-27-22(19)12-28-24)21-10-23(35-8-5-31(2)17-13-34-14-17)18-3-6-36-26(25(18)30-21)4-7-33-15-26/h9-12,17,27H,3-8,13-15H2,1-2H3,(H,28,29,32). The van der Waals surface area contributed by atoms with E-state index in [0.717, 1.165) is 71.8 Å². The molecule has 2 saturated heterocycles. The number of amides is 1. The van der Waals surface area contributed by atoms with Gasteiger partial charge in [-0.2, -0.15) is 0 Å². The number of aromatic nitrogens is 3. The Kier molecular flexibility index (Phi) is 6.12. The zero-order valence-electron chi connectivity index (χ0n) is 20.6. The lowest BCUT2D eigenvalue weighted by Crippen LogP contribution is -2.48. The van der Waals surface area contributed by atoms with Crippen LogP contribution in [0.5, 0.6) is 5.75 Å². The van der Waals surface area contributed by atoms with Crippen molar-refractivity contribution in [3.8, 4) is 17.0 Å². The lowest BCUT2D eigenvalue weighted by atomic mass is 9.89. The van der Waals surface area contributed by atoms with Gasteiger partial charge in [-0.3, -0.25) is 9.69 Å². The third-order valence-corrected chi connectivity index (χ3v) is 7.32. The van der Waals surface area contributed by atoms with E-state index in [9.17, 15) is 4.79 Å². The predicted molar refractivity (Wildman–Crippen MR) is 133 cm³/mol. The number of nitrogens with one attached hydrogen (secondary N) is 2. The largest absolute Gasteiger partial charge is 0.492 e. The molecule has 190 valence electrons. The summed E-state index contributed by atoms with van der Waals surface area (Å²) in [6, 6.07) is 4.35. The van der Waals surface area contributed by atoms with E-state index in [-0.39, 0.29) is 5.91 Å². The molecule has 0 bridgehead atoms. The number of pyridine rings is 2. The van der Waals surface area contributed by atoms with Crippen molar-refractivity contribution in [2.24, 2.45) is 0 Å². The lowest BCUT2D eigenvalue weighted by Gasteiger charge is -2.35. The minimum absolute atomic E-state index is 0.166. The number of likely N-dealkylation sites (N-methyl/N-ethyl adjacent to an activating group) is 1. The van der Waals surface area contributed by atoms with Gasteiger partial charge in [0, 0.05) is 61.7 Å². The molecule has 0 aromatic carbocycles. The van der Waals surface area contributed by atoms with Gasteiger partial charge in [0.25, 0.3) is 0 Å². The van der Waals surface area contributed by atoms with E-state index >= 15 is 0 Å². The molecule has 1 atom stereocenters. The molecular weight excluding hydrogens is 462 g/mol.